The number of carboxylic acid groups (broad SMARTS) is 1. The van der Waals surface area contributed by atoms with Crippen molar-refractivity contribution in [2.75, 3.05) is 0 Å². The van der Waals surface area contributed by atoms with Crippen molar-refractivity contribution < 1.29 is 14.6 Å². The van der Waals surface area contributed by atoms with Gasteiger partial charge in [0.25, 0.3) is 0 Å². The summed E-state index contributed by atoms with van der Waals surface area (Å²) in [5, 5.41) is 10.8. The number of pyridine rings is 1. The van der Waals surface area contributed by atoms with Crippen LogP contribution in [0, 0.1) is 0 Å². The number of benzene rings is 2. The van der Waals surface area contributed by atoms with Gasteiger partial charge in [-0.3, -0.25) is 4.98 Å². The number of nitrogens with zero attached hydrogens (tertiary/aromatic N) is 1. The van der Waals surface area contributed by atoms with E-state index in [4.69, 9.17) is 27.9 Å². The van der Waals surface area contributed by atoms with Crippen LogP contribution in [0.25, 0.3) is 11.1 Å². The van der Waals surface area contributed by atoms with Crippen LogP contribution in [0.15, 0.2) is 54.6 Å². The Kier molecular flexibility index (Phi) is 6.55. The average Bonchev–Trinajstić information content (AvgIpc) is 2.66. The molecule has 3 aromatic rings. The van der Waals surface area contributed by atoms with Gasteiger partial charge in [-0.25, -0.2) is 4.79 Å². The summed E-state index contributed by atoms with van der Waals surface area (Å²) in [5.74, 6) is -0.495. The second-order valence-electron chi connectivity index (χ2n) is 6.29. The molecular weight excluding hydrogens is 397 g/mol. The number of ether oxygens (including phenoxy) is 1. The Labute approximate surface area is 173 Å². The predicted molar refractivity (Wildman–Crippen MR) is 111 cm³/mol. The molecule has 0 spiro atoms. The molecule has 2 aromatic carbocycles. The molecule has 6 heteroatoms. The van der Waals surface area contributed by atoms with E-state index < -0.39 is 5.97 Å². The molecule has 1 N–H and O–H groups in total. The number of aromatic nitrogens is 1. The number of aromatic carboxylic acids is 1. The molecule has 0 bridgehead atoms. The van der Waals surface area contributed by atoms with E-state index in [9.17, 15) is 9.90 Å². The Morgan fingerprint density at radius 3 is 2.39 bits per heavy atom. The maximum Gasteiger partial charge on any atom is 0.337 e. The van der Waals surface area contributed by atoms with Gasteiger partial charge in [0, 0.05) is 21.3 Å². The third-order valence-electron chi connectivity index (χ3n) is 4.20. The molecular formula is C22H19Cl2NO3. The van der Waals surface area contributed by atoms with E-state index >= 15 is 0 Å². The van der Waals surface area contributed by atoms with Gasteiger partial charge in [-0.2, -0.15) is 0 Å². The highest BCUT2D eigenvalue weighted by molar-refractivity contribution is 6.31. The molecule has 0 saturated carbocycles. The van der Waals surface area contributed by atoms with E-state index in [0.29, 0.717) is 27.9 Å². The van der Waals surface area contributed by atoms with Gasteiger partial charge < -0.3 is 9.84 Å². The Bertz CT molecular complexity index is 1000. The topological polar surface area (TPSA) is 59.4 Å². The van der Waals surface area contributed by atoms with Crippen molar-refractivity contribution in [1.82, 2.24) is 4.98 Å². The smallest absolute Gasteiger partial charge is 0.337 e. The maximum atomic E-state index is 11.9. The lowest BCUT2D eigenvalue weighted by Crippen LogP contribution is -2.11. The van der Waals surface area contributed by atoms with Crippen LogP contribution >= 0.6 is 23.2 Å². The molecule has 1 heterocycles. The Hall–Kier alpha value is -2.56. The zero-order valence-electron chi connectivity index (χ0n) is 15.3. The first kappa shape index (κ1) is 20.2. The minimum absolute atomic E-state index is 0.0362. The molecule has 28 heavy (non-hydrogen) atoms. The highest BCUT2D eigenvalue weighted by atomic mass is 35.5. The molecule has 0 aliphatic carbocycles. The van der Waals surface area contributed by atoms with Crippen molar-refractivity contribution in [3.63, 3.8) is 0 Å². The molecule has 4 nitrogen and oxygen atoms in total. The second kappa shape index (κ2) is 9.09. The highest BCUT2D eigenvalue weighted by Gasteiger charge is 2.18. The number of halogens is 2. The normalized spacial score (nSPS) is 10.7. The van der Waals surface area contributed by atoms with E-state index in [1.807, 2.05) is 18.2 Å². The minimum atomic E-state index is -1.05. The van der Waals surface area contributed by atoms with Crippen molar-refractivity contribution in [1.29, 1.82) is 0 Å². The Balaban J connectivity index is 2.02. The summed E-state index contributed by atoms with van der Waals surface area (Å²) in [5.41, 5.74) is 2.92. The average molecular weight is 416 g/mol. The van der Waals surface area contributed by atoms with E-state index in [0.717, 1.165) is 23.2 Å². The molecule has 144 valence electrons. The van der Waals surface area contributed by atoms with Crippen LogP contribution in [0.2, 0.25) is 10.0 Å². The fourth-order valence-corrected chi connectivity index (χ4v) is 3.30. The summed E-state index contributed by atoms with van der Waals surface area (Å²) in [4.78, 5) is 16.5. The first-order valence-electron chi connectivity index (χ1n) is 8.88. The molecule has 0 saturated heterocycles. The molecule has 0 amide bonds. The number of aryl methyl sites for hydroxylation is 1. The predicted octanol–water partition coefficient (Wildman–Crippen LogP) is 6.29. The highest BCUT2D eigenvalue weighted by Crippen LogP contribution is 2.29. The van der Waals surface area contributed by atoms with Crippen LogP contribution < -0.4 is 4.74 Å². The van der Waals surface area contributed by atoms with Crippen LogP contribution in [0.5, 0.6) is 5.75 Å². The van der Waals surface area contributed by atoms with Crippen LogP contribution in [0.3, 0.4) is 0 Å². The van der Waals surface area contributed by atoms with Crippen molar-refractivity contribution >= 4 is 29.2 Å². The van der Waals surface area contributed by atoms with Gasteiger partial charge in [0.15, 0.2) is 0 Å². The lowest BCUT2D eigenvalue weighted by molar-refractivity contribution is 0.0693. The quantitative estimate of drug-likeness (QED) is 0.492. The summed E-state index contributed by atoms with van der Waals surface area (Å²) in [6.07, 6.45) is 1.59. The van der Waals surface area contributed by atoms with Crippen molar-refractivity contribution in [2.24, 2.45) is 0 Å². The van der Waals surface area contributed by atoms with Gasteiger partial charge in [0.05, 0.1) is 11.3 Å². The zero-order chi connectivity index (χ0) is 20.1. The van der Waals surface area contributed by atoms with Crippen molar-refractivity contribution in [2.45, 2.75) is 26.4 Å². The minimum Gasteiger partial charge on any atom is -0.487 e. The number of hydrogen-bond donors (Lipinski definition) is 1. The van der Waals surface area contributed by atoms with E-state index in [-0.39, 0.29) is 12.2 Å². The Morgan fingerprint density at radius 2 is 1.75 bits per heavy atom. The number of carboxylic acids is 1. The first-order chi connectivity index (χ1) is 13.5. The van der Waals surface area contributed by atoms with Gasteiger partial charge in [-0.05, 0) is 48.4 Å². The maximum absolute atomic E-state index is 11.9. The second-order valence-corrected chi connectivity index (χ2v) is 7.16. The largest absolute Gasteiger partial charge is 0.487 e. The molecule has 1 aromatic heterocycles. The molecule has 0 aliphatic heterocycles. The van der Waals surface area contributed by atoms with Gasteiger partial charge >= 0.3 is 5.97 Å². The fourth-order valence-electron chi connectivity index (χ4n) is 2.93. The van der Waals surface area contributed by atoms with Gasteiger partial charge in [-0.1, -0.05) is 54.7 Å². The van der Waals surface area contributed by atoms with E-state index in [2.05, 4.69) is 11.9 Å². The fraction of sp³-hybridized carbons (Fsp3) is 0.182. The molecule has 0 fully saturated rings. The molecule has 0 atom stereocenters. The molecule has 0 radical (unpaired) electrons. The van der Waals surface area contributed by atoms with Gasteiger partial charge in [0.1, 0.15) is 12.4 Å². The Morgan fingerprint density at radius 1 is 1.04 bits per heavy atom. The number of hydrogen-bond acceptors (Lipinski definition) is 3. The number of carbonyl (C=O) groups is 1. The van der Waals surface area contributed by atoms with E-state index in [1.165, 1.54) is 0 Å². The monoisotopic (exact) mass is 415 g/mol. The van der Waals surface area contributed by atoms with Crippen molar-refractivity contribution in [3.05, 3.63) is 81.6 Å². The SMILES string of the molecule is CCCc1nc(COc2cccc(Cl)c2)c(C(=O)O)cc1-c1cccc(Cl)c1. The standard InChI is InChI=1S/C22H19Cl2NO3/c1-2-5-20-18(14-6-3-7-15(23)10-14)12-19(22(26)27)21(25-20)13-28-17-9-4-8-16(24)11-17/h3-4,6-12H,2,5,13H2,1H3,(H,26,27). The molecule has 0 aliphatic rings. The third kappa shape index (κ3) is 4.83. The van der Waals surface area contributed by atoms with Crippen LogP contribution in [0.1, 0.15) is 35.1 Å². The third-order valence-corrected chi connectivity index (χ3v) is 4.68. The summed E-state index contributed by atoms with van der Waals surface area (Å²) in [7, 11) is 0. The zero-order valence-corrected chi connectivity index (χ0v) is 16.8. The lowest BCUT2D eigenvalue weighted by Gasteiger charge is -2.15. The summed E-state index contributed by atoms with van der Waals surface area (Å²) < 4.78 is 5.73. The van der Waals surface area contributed by atoms with Crippen LogP contribution in [0.4, 0.5) is 0 Å². The summed E-state index contributed by atoms with van der Waals surface area (Å²) >= 11 is 12.1. The summed E-state index contributed by atoms with van der Waals surface area (Å²) in [6.45, 7) is 2.09. The first-order valence-corrected chi connectivity index (χ1v) is 9.64. The molecule has 0 unspecified atom stereocenters. The van der Waals surface area contributed by atoms with Gasteiger partial charge in [-0.15, -0.1) is 0 Å². The number of rotatable bonds is 7. The van der Waals surface area contributed by atoms with Gasteiger partial charge in [0.2, 0.25) is 0 Å². The van der Waals surface area contributed by atoms with Crippen molar-refractivity contribution in [3.8, 4) is 16.9 Å². The lowest BCUT2D eigenvalue weighted by atomic mass is 9.98. The molecule has 3 rings (SSSR count). The van der Waals surface area contributed by atoms with E-state index in [1.54, 1.807) is 36.4 Å². The summed E-state index contributed by atoms with van der Waals surface area (Å²) in [6, 6.07) is 15.9. The van der Waals surface area contributed by atoms with Crippen LogP contribution in [-0.4, -0.2) is 16.1 Å². The van der Waals surface area contributed by atoms with Crippen LogP contribution in [-0.2, 0) is 13.0 Å².